The fraction of sp³-hybridized carbons (Fsp3) is 0.600. The summed E-state index contributed by atoms with van der Waals surface area (Å²) < 4.78 is 30.2. The van der Waals surface area contributed by atoms with E-state index in [0.29, 0.717) is 6.54 Å². The molecule has 1 N–H and O–H groups in total. The second-order valence-electron chi connectivity index (χ2n) is 5.17. The fourth-order valence-electron chi connectivity index (χ4n) is 1.75. The van der Waals surface area contributed by atoms with E-state index >= 15 is 0 Å². The third-order valence-corrected chi connectivity index (χ3v) is 5.92. The van der Waals surface area contributed by atoms with Crippen LogP contribution in [-0.4, -0.2) is 32.6 Å². The van der Waals surface area contributed by atoms with Gasteiger partial charge in [0.25, 0.3) is 0 Å². The van der Waals surface area contributed by atoms with Crippen molar-refractivity contribution in [2.75, 3.05) is 18.9 Å². The molecule has 0 saturated carbocycles. The van der Waals surface area contributed by atoms with Crippen molar-refractivity contribution in [3.63, 3.8) is 0 Å². The molecule has 1 aromatic carbocycles. The van der Waals surface area contributed by atoms with E-state index in [1.807, 2.05) is 18.2 Å². The van der Waals surface area contributed by atoms with Crippen molar-refractivity contribution in [2.45, 2.75) is 39.0 Å². The zero-order valence-electron chi connectivity index (χ0n) is 12.9. The van der Waals surface area contributed by atoms with Gasteiger partial charge in [0, 0.05) is 12.1 Å². The van der Waals surface area contributed by atoms with Gasteiger partial charge in [-0.05, 0) is 48.8 Å². The molecule has 0 aliphatic heterocycles. The van der Waals surface area contributed by atoms with Gasteiger partial charge in [-0.1, -0.05) is 19.1 Å². The number of para-hydroxylation sites is 1. The molecular formula is C15H24BrNO3S. The molecule has 0 saturated heterocycles. The molecule has 0 spiro atoms. The minimum absolute atomic E-state index is 0.0355. The van der Waals surface area contributed by atoms with Crippen LogP contribution in [-0.2, 0) is 16.4 Å². The molecule has 4 nitrogen and oxygen atoms in total. The molecule has 0 aromatic heterocycles. The molecule has 0 aliphatic carbocycles. The van der Waals surface area contributed by atoms with E-state index in [4.69, 9.17) is 4.74 Å². The van der Waals surface area contributed by atoms with Crippen molar-refractivity contribution in [1.29, 1.82) is 0 Å². The molecule has 21 heavy (non-hydrogen) atoms. The molecule has 0 unspecified atom stereocenters. The van der Waals surface area contributed by atoms with Crippen LogP contribution in [0.4, 0.5) is 0 Å². The highest BCUT2D eigenvalue weighted by Crippen LogP contribution is 2.29. The molecule has 0 amide bonds. The van der Waals surface area contributed by atoms with E-state index in [0.717, 1.165) is 28.8 Å². The summed E-state index contributed by atoms with van der Waals surface area (Å²) >= 11 is 3.46. The first-order valence-electron chi connectivity index (χ1n) is 7.21. The third kappa shape index (κ3) is 5.96. The highest BCUT2D eigenvalue weighted by atomic mass is 79.9. The summed E-state index contributed by atoms with van der Waals surface area (Å²) in [5, 5.41) is 2.96. The fourth-order valence-corrected chi connectivity index (χ4v) is 3.06. The Bertz CT molecular complexity index is 544. The van der Waals surface area contributed by atoms with Crippen molar-refractivity contribution in [3.8, 4) is 5.75 Å². The Kier molecular flexibility index (Phi) is 7.70. The molecule has 1 aromatic rings. The van der Waals surface area contributed by atoms with Crippen molar-refractivity contribution in [1.82, 2.24) is 5.32 Å². The standard InChI is InChI=1S/C15H24BrNO3S/c1-4-8-17-11-13-6-5-7-14(16)15(13)20-9-10-21(18,19)12(2)3/h5-7,12,17H,4,8-11H2,1-3H3. The van der Waals surface area contributed by atoms with E-state index in [-0.39, 0.29) is 17.6 Å². The average molecular weight is 378 g/mol. The summed E-state index contributed by atoms with van der Waals surface area (Å²) in [5.74, 6) is 0.758. The SMILES string of the molecule is CCCNCc1cccc(Br)c1OCCS(=O)(=O)C(C)C. The van der Waals surface area contributed by atoms with Gasteiger partial charge in [0.05, 0.1) is 15.5 Å². The lowest BCUT2D eigenvalue weighted by Crippen LogP contribution is -2.22. The number of hydrogen-bond donors (Lipinski definition) is 1. The lowest BCUT2D eigenvalue weighted by Gasteiger charge is -2.14. The van der Waals surface area contributed by atoms with Crippen molar-refractivity contribution >= 4 is 25.8 Å². The van der Waals surface area contributed by atoms with Crippen LogP contribution in [0.3, 0.4) is 0 Å². The molecule has 0 aliphatic rings. The Labute approximate surface area is 136 Å². The minimum atomic E-state index is -3.07. The highest BCUT2D eigenvalue weighted by molar-refractivity contribution is 9.10. The minimum Gasteiger partial charge on any atom is -0.491 e. The van der Waals surface area contributed by atoms with Gasteiger partial charge in [-0.15, -0.1) is 0 Å². The largest absolute Gasteiger partial charge is 0.491 e. The molecular weight excluding hydrogens is 354 g/mol. The summed E-state index contributed by atoms with van der Waals surface area (Å²) in [6.45, 7) is 7.31. The van der Waals surface area contributed by atoms with Gasteiger partial charge in [0.2, 0.25) is 0 Å². The van der Waals surface area contributed by atoms with Crippen molar-refractivity contribution < 1.29 is 13.2 Å². The van der Waals surface area contributed by atoms with Crippen molar-refractivity contribution in [3.05, 3.63) is 28.2 Å². The maximum absolute atomic E-state index is 11.8. The Balaban J connectivity index is 2.69. The lowest BCUT2D eigenvalue weighted by molar-refractivity contribution is 0.333. The van der Waals surface area contributed by atoms with Gasteiger partial charge in [0.15, 0.2) is 9.84 Å². The predicted octanol–water partition coefficient (Wildman–Crippen LogP) is 3.15. The van der Waals surface area contributed by atoms with Gasteiger partial charge < -0.3 is 10.1 Å². The molecule has 0 fully saturated rings. The van der Waals surface area contributed by atoms with Gasteiger partial charge in [0.1, 0.15) is 12.4 Å². The Hall–Kier alpha value is -0.590. The van der Waals surface area contributed by atoms with Crippen LogP contribution < -0.4 is 10.1 Å². The topological polar surface area (TPSA) is 55.4 Å². The van der Waals surface area contributed by atoms with Gasteiger partial charge >= 0.3 is 0 Å². The summed E-state index contributed by atoms with van der Waals surface area (Å²) in [6, 6.07) is 5.83. The van der Waals surface area contributed by atoms with Crippen LogP contribution in [0.1, 0.15) is 32.8 Å². The maximum Gasteiger partial charge on any atom is 0.155 e. The lowest BCUT2D eigenvalue weighted by atomic mass is 10.2. The van der Waals surface area contributed by atoms with Crippen LogP contribution in [0.15, 0.2) is 22.7 Å². The van der Waals surface area contributed by atoms with E-state index in [1.165, 1.54) is 0 Å². The van der Waals surface area contributed by atoms with Crippen LogP contribution in [0, 0.1) is 0 Å². The van der Waals surface area contributed by atoms with Gasteiger partial charge in [-0.2, -0.15) is 0 Å². The first-order valence-corrected chi connectivity index (χ1v) is 9.71. The Morgan fingerprint density at radius 2 is 2.05 bits per heavy atom. The van der Waals surface area contributed by atoms with E-state index in [1.54, 1.807) is 13.8 Å². The Morgan fingerprint density at radius 1 is 1.33 bits per heavy atom. The molecule has 0 heterocycles. The van der Waals surface area contributed by atoms with Gasteiger partial charge in [-0.25, -0.2) is 8.42 Å². The second kappa shape index (κ2) is 8.76. The number of nitrogens with one attached hydrogen (secondary N) is 1. The maximum atomic E-state index is 11.8. The molecule has 0 atom stereocenters. The van der Waals surface area contributed by atoms with Crippen LogP contribution in [0.25, 0.3) is 0 Å². The van der Waals surface area contributed by atoms with Crippen LogP contribution in [0.5, 0.6) is 5.75 Å². The van der Waals surface area contributed by atoms with E-state index < -0.39 is 9.84 Å². The molecule has 0 radical (unpaired) electrons. The smallest absolute Gasteiger partial charge is 0.155 e. The Morgan fingerprint density at radius 3 is 2.67 bits per heavy atom. The molecule has 120 valence electrons. The molecule has 0 bridgehead atoms. The first-order chi connectivity index (χ1) is 9.88. The molecule has 6 heteroatoms. The number of benzene rings is 1. The third-order valence-electron chi connectivity index (χ3n) is 3.12. The second-order valence-corrected chi connectivity index (χ2v) is 8.70. The highest BCUT2D eigenvalue weighted by Gasteiger charge is 2.17. The number of sulfone groups is 1. The number of rotatable bonds is 9. The zero-order chi connectivity index (χ0) is 15.9. The zero-order valence-corrected chi connectivity index (χ0v) is 15.3. The molecule has 1 rings (SSSR count). The van der Waals surface area contributed by atoms with Crippen molar-refractivity contribution in [2.24, 2.45) is 0 Å². The number of ether oxygens (including phenoxy) is 1. The quantitative estimate of drug-likeness (QED) is 0.671. The van der Waals surface area contributed by atoms with Crippen LogP contribution in [0.2, 0.25) is 0 Å². The van der Waals surface area contributed by atoms with Crippen LogP contribution >= 0.6 is 15.9 Å². The summed E-state index contributed by atoms with van der Waals surface area (Å²) in [7, 11) is -3.07. The average Bonchev–Trinajstić information content (AvgIpc) is 2.41. The number of hydrogen-bond acceptors (Lipinski definition) is 4. The van der Waals surface area contributed by atoms with E-state index in [9.17, 15) is 8.42 Å². The normalized spacial score (nSPS) is 11.9. The summed E-state index contributed by atoms with van der Waals surface area (Å²) in [5.41, 5.74) is 1.03. The van der Waals surface area contributed by atoms with Gasteiger partial charge in [-0.3, -0.25) is 0 Å². The summed E-state index contributed by atoms with van der Waals surface area (Å²) in [6.07, 6.45) is 1.07. The summed E-state index contributed by atoms with van der Waals surface area (Å²) in [4.78, 5) is 0. The first kappa shape index (κ1) is 18.5. The number of halogens is 1. The predicted molar refractivity (Wildman–Crippen MR) is 90.6 cm³/mol. The monoisotopic (exact) mass is 377 g/mol. The van der Waals surface area contributed by atoms with E-state index in [2.05, 4.69) is 28.2 Å².